The SMILES string of the molecule is Cn1nc(C(F)(F)F)cc1C(=O)Nc1ccc(S(=O)(=O)N2CCCCC2C(=O)OC(C)(C)C)cc1. The van der Waals surface area contributed by atoms with Crippen molar-refractivity contribution in [2.45, 2.75) is 62.7 Å². The lowest BCUT2D eigenvalue weighted by Gasteiger charge is -2.34. The minimum absolute atomic E-state index is 0.0918. The Bertz CT molecular complexity index is 1200. The Morgan fingerprint density at radius 2 is 1.74 bits per heavy atom. The van der Waals surface area contributed by atoms with Gasteiger partial charge < -0.3 is 10.1 Å². The molecule has 2 aromatic rings. The van der Waals surface area contributed by atoms with Crippen LogP contribution in [0.15, 0.2) is 35.2 Å². The van der Waals surface area contributed by atoms with Gasteiger partial charge in [-0.3, -0.25) is 14.3 Å². The quantitative estimate of drug-likeness (QED) is 0.609. The number of amides is 1. The summed E-state index contributed by atoms with van der Waals surface area (Å²) in [6.45, 7) is 5.27. The normalized spacial score (nSPS) is 17.7. The molecule has 13 heteroatoms. The van der Waals surface area contributed by atoms with Crippen LogP contribution in [0, 0.1) is 0 Å². The van der Waals surface area contributed by atoms with E-state index in [2.05, 4.69) is 10.4 Å². The van der Waals surface area contributed by atoms with E-state index in [1.165, 1.54) is 31.3 Å². The molecule has 1 fully saturated rings. The van der Waals surface area contributed by atoms with Crippen LogP contribution < -0.4 is 5.32 Å². The molecule has 3 rings (SSSR count). The van der Waals surface area contributed by atoms with Gasteiger partial charge in [0, 0.05) is 25.3 Å². The highest BCUT2D eigenvalue weighted by Gasteiger charge is 2.40. The summed E-state index contributed by atoms with van der Waals surface area (Å²) in [7, 11) is -2.84. The van der Waals surface area contributed by atoms with Gasteiger partial charge in [-0.1, -0.05) is 0 Å². The zero-order chi connectivity index (χ0) is 26.2. The molecule has 1 saturated heterocycles. The number of hydrogen-bond acceptors (Lipinski definition) is 6. The molecule has 9 nitrogen and oxygen atoms in total. The monoisotopic (exact) mass is 516 g/mol. The van der Waals surface area contributed by atoms with Crippen LogP contribution in [0.4, 0.5) is 18.9 Å². The highest BCUT2D eigenvalue weighted by atomic mass is 32.2. The lowest BCUT2D eigenvalue weighted by Crippen LogP contribution is -2.49. The van der Waals surface area contributed by atoms with Crippen LogP contribution >= 0.6 is 0 Å². The van der Waals surface area contributed by atoms with E-state index in [0.717, 1.165) is 8.99 Å². The molecule has 0 spiro atoms. The molecular weight excluding hydrogens is 489 g/mol. The Hall–Kier alpha value is -2.93. The molecule has 1 aromatic heterocycles. The number of rotatable bonds is 5. The first-order valence-corrected chi connectivity index (χ1v) is 12.3. The maximum Gasteiger partial charge on any atom is 0.435 e. The van der Waals surface area contributed by atoms with Crippen molar-refractivity contribution < 1.29 is 35.9 Å². The smallest absolute Gasteiger partial charge is 0.435 e. The van der Waals surface area contributed by atoms with Crippen LogP contribution in [0.25, 0.3) is 0 Å². The van der Waals surface area contributed by atoms with Crippen LogP contribution in [-0.2, 0) is 32.8 Å². The fourth-order valence-electron chi connectivity index (χ4n) is 3.66. The van der Waals surface area contributed by atoms with E-state index >= 15 is 0 Å². The fraction of sp³-hybridized carbons (Fsp3) is 0.500. The topological polar surface area (TPSA) is 111 Å². The Morgan fingerprint density at radius 1 is 1.11 bits per heavy atom. The number of nitrogens with one attached hydrogen (secondary N) is 1. The number of sulfonamides is 1. The average Bonchev–Trinajstić information content (AvgIpc) is 3.15. The first kappa shape index (κ1) is 26.7. The van der Waals surface area contributed by atoms with Crippen molar-refractivity contribution in [1.82, 2.24) is 14.1 Å². The number of ether oxygens (including phenoxy) is 1. The number of hydrogen-bond donors (Lipinski definition) is 1. The van der Waals surface area contributed by atoms with E-state index in [1.807, 2.05) is 0 Å². The number of halogens is 3. The van der Waals surface area contributed by atoms with Crippen molar-refractivity contribution in [3.8, 4) is 0 Å². The zero-order valence-electron chi connectivity index (χ0n) is 19.7. The van der Waals surface area contributed by atoms with E-state index in [1.54, 1.807) is 20.8 Å². The van der Waals surface area contributed by atoms with Crippen LogP contribution in [0.1, 0.15) is 56.2 Å². The van der Waals surface area contributed by atoms with Gasteiger partial charge in [-0.25, -0.2) is 8.42 Å². The van der Waals surface area contributed by atoms with E-state index in [-0.39, 0.29) is 22.8 Å². The number of nitrogens with zero attached hydrogens (tertiary/aromatic N) is 3. The summed E-state index contributed by atoms with van der Waals surface area (Å²) in [6.07, 6.45) is -3.08. The van der Waals surface area contributed by atoms with Crippen LogP contribution in [0.2, 0.25) is 0 Å². The van der Waals surface area contributed by atoms with Crippen molar-refractivity contribution in [3.05, 3.63) is 41.7 Å². The van der Waals surface area contributed by atoms with E-state index in [0.29, 0.717) is 25.3 Å². The number of benzene rings is 1. The first-order chi connectivity index (χ1) is 16.1. The van der Waals surface area contributed by atoms with Crippen molar-refractivity contribution >= 4 is 27.6 Å². The largest absolute Gasteiger partial charge is 0.459 e. The summed E-state index contributed by atoms with van der Waals surface area (Å²) in [4.78, 5) is 25.0. The third kappa shape index (κ3) is 6.20. The highest BCUT2D eigenvalue weighted by Crippen LogP contribution is 2.30. The molecule has 0 saturated carbocycles. The molecule has 1 aliphatic heterocycles. The summed E-state index contributed by atoms with van der Waals surface area (Å²) in [5, 5.41) is 5.72. The summed E-state index contributed by atoms with van der Waals surface area (Å²) in [5.74, 6) is -1.45. The van der Waals surface area contributed by atoms with Gasteiger partial charge in [0.1, 0.15) is 17.3 Å². The molecule has 0 bridgehead atoms. The minimum atomic E-state index is -4.70. The van der Waals surface area contributed by atoms with Crippen LogP contribution in [-0.4, -0.2) is 52.6 Å². The zero-order valence-corrected chi connectivity index (χ0v) is 20.5. The predicted molar refractivity (Wildman–Crippen MR) is 120 cm³/mol. The third-order valence-electron chi connectivity index (χ3n) is 5.25. The van der Waals surface area contributed by atoms with Gasteiger partial charge in [0.05, 0.1) is 4.90 Å². The second kappa shape index (κ2) is 9.61. The third-order valence-corrected chi connectivity index (χ3v) is 7.18. The lowest BCUT2D eigenvalue weighted by atomic mass is 10.0. The molecule has 2 heterocycles. The molecule has 0 aliphatic carbocycles. The number of carbonyl (C=O) groups is 2. The Balaban J connectivity index is 1.77. The molecule has 1 atom stereocenters. The molecule has 0 radical (unpaired) electrons. The molecule has 1 amide bonds. The number of aromatic nitrogens is 2. The van der Waals surface area contributed by atoms with E-state index < -0.39 is 45.4 Å². The molecule has 1 aliphatic rings. The van der Waals surface area contributed by atoms with Gasteiger partial charge in [0.25, 0.3) is 5.91 Å². The number of anilines is 1. The van der Waals surface area contributed by atoms with Crippen LogP contribution in [0.5, 0.6) is 0 Å². The molecule has 1 N–H and O–H groups in total. The van der Waals surface area contributed by atoms with Crippen molar-refractivity contribution in [2.24, 2.45) is 7.05 Å². The summed E-state index contributed by atoms with van der Waals surface area (Å²) in [6, 6.07) is 4.84. The average molecular weight is 517 g/mol. The predicted octanol–water partition coefficient (Wildman–Crippen LogP) is 3.58. The van der Waals surface area contributed by atoms with Gasteiger partial charge in [0.15, 0.2) is 5.69 Å². The Labute approximate surface area is 201 Å². The number of alkyl halides is 3. The second-order valence-corrected chi connectivity index (χ2v) is 11.1. The summed E-state index contributed by atoms with van der Waals surface area (Å²) in [5.41, 5.74) is -2.11. The Kier molecular flexibility index (Phi) is 7.32. The molecule has 1 aromatic carbocycles. The number of piperidine rings is 1. The molecule has 1 unspecified atom stereocenters. The number of carbonyl (C=O) groups excluding carboxylic acids is 2. The van der Waals surface area contributed by atoms with Crippen LogP contribution in [0.3, 0.4) is 0 Å². The maximum absolute atomic E-state index is 13.3. The van der Waals surface area contributed by atoms with Gasteiger partial charge in [-0.15, -0.1) is 0 Å². The molecular formula is C22H27F3N4O5S. The second-order valence-electron chi connectivity index (χ2n) is 9.18. The Morgan fingerprint density at radius 3 is 2.29 bits per heavy atom. The first-order valence-electron chi connectivity index (χ1n) is 10.9. The summed E-state index contributed by atoms with van der Waals surface area (Å²) < 4.78 is 72.4. The van der Waals surface area contributed by atoms with Gasteiger partial charge in [0.2, 0.25) is 10.0 Å². The summed E-state index contributed by atoms with van der Waals surface area (Å²) >= 11 is 0. The fourth-order valence-corrected chi connectivity index (χ4v) is 5.30. The van der Waals surface area contributed by atoms with Gasteiger partial charge >= 0.3 is 12.1 Å². The molecule has 35 heavy (non-hydrogen) atoms. The number of esters is 1. The highest BCUT2D eigenvalue weighted by molar-refractivity contribution is 7.89. The van der Waals surface area contributed by atoms with Gasteiger partial charge in [-0.05, 0) is 64.3 Å². The van der Waals surface area contributed by atoms with Gasteiger partial charge in [-0.2, -0.15) is 22.6 Å². The number of aryl methyl sites for hydroxylation is 1. The lowest BCUT2D eigenvalue weighted by molar-refractivity contribution is -0.160. The van der Waals surface area contributed by atoms with E-state index in [4.69, 9.17) is 4.74 Å². The van der Waals surface area contributed by atoms with Crippen molar-refractivity contribution in [3.63, 3.8) is 0 Å². The van der Waals surface area contributed by atoms with E-state index in [9.17, 15) is 31.2 Å². The standard InChI is InChI=1S/C22H27F3N4O5S/c1-21(2,3)34-20(31)16-7-5-6-12-29(16)35(32,33)15-10-8-14(9-11-15)26-19(30)17-13-18(22(23,24)25)27-28(17)4/h8-11,13,16H,5-7,12H2,1-4H3,(H,26,30). The van der Waals surface area contributed by atoms with Crippen molar-refractivity contribution in [1.29, 1.82) is 0 Å². The van der Waals surface area contributed by atoms with Crippen molar-refractivity contribution in [2.75, 3.05) is 11.9 Å². The maximum atomic E-state index is 13.3. The molecule has 192 valence electrons. The minimum Gasteiger partial charge on any atom is -0.459 e.